The molecule has 5 heterocycles. The van der Waals surface area contributed by atoms with Crippen molar-refractivity contribution in [3.63, 3.8) is 0 Å². The summed E-state index contributed by atoms with van der Waals surface area (Å²) < 4.78 is 26.6. The predicted molar refractivity (Wildman–Crippen MR) is 191 cm³/mol. The maximum Gasteiger partial charge on any atom is 0.318 e. The van der Waals surface area contributed by atoms with Gasteiger partial charge < -0.3 is 29.1 Å². The Kier molecular flexibility index (Phi) is 10.2. The first-order valence-corrected chi connectivity index (χ1v) is 17.9. The summed E-state index contributed by atoms with van der Waals surface area (Å²) >= 11 is 0. The number of benzene rings is 2. The molecule has 0 saturated carbocycles. The standard InChI is InChI=1S/C38H47FN8O3/c1-26(22-44-18-20-49-21-19-44)37(48)47-17-16-46(23-29(47)11-13-40)36-31-12-15-45(34-8-4-6-28-9-10-32(39)27(2)35(28)34)24-33(31)41-38(42-36)50-25-30-7-5-14-43(30)3/h4,6,8-10,29-30H,1,5,7,11-12,14-25H2,2-3H3/t29-,30-/m0/s1. The van der Waals surface area contributed by atoms with Gasteiger partial charge in [-0.2, -0.15) is 15.2 Å². The van der Waals surface area contributed by atoms with E-state index in [2.05, 4.69) is 45.4 Å². The molecule has 0 spiro atoms. The zero-order valence-electron chi connectivity index (χ0n) is 29.2. The maximum atomic E-state index is 14.8. The number of likely N-dealkylation sites (N-methyl/N-ethyl adjacent to an activating group) is 1. The molecular weight excluding hydrogens is 635 g/mol. The number of carbonyl (C=O) groups excluding carboxylic acids is 1. The number of piperazine rings is 1. The number of anilines is 2. The number of morpholine rings is 1. The van der Waals surface area contributed by atoms with E-state index in [1.165, 1.54) is 6.07 Å². The van der Waals surface area contributed by atoms with Crippen molar-refractivity contribution in [2.24, 2.45) is 0 Å². The van der Waals surface area contributed by atoms with E-state index < -0.39 is 0 Å². The van der Waals surface area contributed by atoms with Crippen LogP contribution in [0.15, 0.2) is 42.5 Å². The molecule has 3 fully saturated rings. The summed E-state index contributed by atoms with van der Waals surface area (Å²) in [6.07, 6.45) is 3.12. The molecule has 0 unspecified atom stereocenters. The van der Waals surface area contributed by atoms with Crippen LogP contribution in [-0.2, 0) is 22.5 Å². The lowest BCUT2D eigenvalue weighted by Crippen LogP contribution is -2.56. The number of likely N-dealkylation sites (tertiary alicyclic amines) is 1. The SMILES string of the molecule is C=C(CN1CCOCC1)C(=O)N1CCN(c2nc(OC[C@@H]3CCCN3C)nc3c2CCN(c2cccc4ccc(F)c(C)c24)C3)C[C@@H]1CC#N. The van der Waals surface area contributed by atoms with Crippen LogP contribution < -0.4 is 14.5 Å². The van der Waals surface area contributed by atoms with E-state index >= 15 is 0 Å². The topological polar surface area (TPSA) is 101 Å². The van der Waals surface area contributed by atoms with Crippen molar-refractivity contribution in [3.8, 4) is 12.1 Å². The maximum absolute atomic E-state index is 14.8. The molecule has 0 N–H and O–H groups in total. The second-order valence-corrected chi connectivity index (χ2v) is 14.0. The van der Waals surface area contributed by atoms with Gasteiger partial charge in [0.2, 0.25) is 0 Å². The lowest BCUT2D eigenvalue weighted by molar-refractivity contribution is -0.130. The van der Waals surface area contributed by atoms with Gasteiger partial charge in [-0.25, -0.2) is 4.39 Å². The summed E-state index contributed by atoms with van der Waals surface area (Å²) in [4.78, 5) is 34.5. The van der Waals surface area contributed by atoms with Crippen molar-refractivity contribution in [1.29, 1.82) is 5.26 Å². The fourth-order valence-electron chi connectivity index (χ4n) is 7.95. The predicted octanol–water partition coefficient (Wildman–Crippen LogP) is 3.93. The van der Waals surface area contributed by atoms with Crippen LogP contribution in [0.3, 0.4) is 0 Å². The molecule has 4 aliphatic rings. The minimum absolute atomic E-state index is 0.0942. The second-order valence-electron chi connectivity index (χ2n) is 14.0. The number of hydrogen-bond acceptors (Lipinski definition) is 10. The molecule has 7 rings (SSSR count). The van der Waals surface area contributed by atoms with Gasteiger partial charge in [0, 0.05) is 74.1 Å². The van der Waals surface area contributed by atoms with Crippen molar-refractivity contribution in [3.05, 3.63) is 65.1 Å². The Labute approximate surface area is 293 Å². The second kappa shape index (κ2) is 14.9. The van der Waals surface area contributed by atoms with Crippen LogP contribution >= 0.6 is 0 Å². The summed E-state index contributed by atoms with van der Waals surface area (Å²) in [7, 11) is 2.12. The zero-order valence-corrected chi connectivity index (χ0v) is 29.2. The average Bonchev–Trinajstić information content (AvgIpc) is 3.55. The highest BCUT2D eigenvalue weighted by Crippen LogP contribution is 2.36. The van der Waals surface area contributed by atoms with Crippen molar-refractivity contribution in [2.75, 3.05) is 89.0 Å². The molecule has 264 valence electrons. The molecule has 50 heavy (non-hydrogen) atoms. The molecule has 3 saturated heterocycles. The normalized spacial score (nSPS) is 21.7. The van der Waals surface area contributed by atoms with Crippen LogP contribution in [0.5, 0.6) is 6.01 Å². The van der Waals surface area contributed by atoms with Gasteiger partial charge in [-0.05, 0) is 62.9 Å². The number of amides is 1. The summed E-state index contributed by atoms with van der Waals surface area (Å²) in [5.74, 6) is 0.504. The summed E-state index contributed by atoms with van der Waals surface area (Å²) in [5, 5.41) is 11.7. The van der Waals surface area contributed by atoms with Crippen LogP contribution in [0.25, 0.3) is 10.8 Å². The third-order valence-electron chi connectivity index (χ3n) is 10.8. The van der Waals surface area contributed by atoms with Crippen molar-refractivity contribution < 1.29 is 18.7 Å². The van der Waals surface area contributed by atoms with E-state index in [1.807, 2.05) is 30.0 Å². The number of nitriles is 1. The molecule has 4 aliphatic heterocycles. The minimum atomic E-state index is -0.307. The molecular formula is C38H47FN8O3. The Hall–Kier alpha value is -4.31. The fraction of sp³-hybridized carbons (Fsp3) is 0.526. The van der Waals surface area contributed by atoms with Crippen molar-refractivity contribution >= 4 is 28.2 Å². The lowest BCUT2D eigenvalue weighted by atomic mass is 9.99. The third-order valence-corrected chi connectivity index (χ3v) is 10.8. The Morgan fingerprint density at radius 1 is 1.08 bits per heavy atom. The Morgan fingerprint density at radius 3 is 2.70 bits per heavy atom. The number of nitrogens with zero attached hydrogens (tertiary/aromatic N) is 8. The van der Waals surface area contributed by atoms with E-state index in [1.54, 1.807) is 0 Å². The molecule has 2 atom stereocenters. The first kappa shape index (κ1) is 34.2. The van der Waals surface area contributed by atoms with E-state index in [9.17, 15) is 14.4 Å². The van der Waals surface area contributed by atoms with Gasteiger partial charge in [-0.3, -0.25) is 9.69 Å². The van der Waals surface area contributed by atoms with Crippen molar-refractivity contribution in [2.45, 2.75) is 51.2 Å². The van der Waals surface area contributed by atoms with Gasteiger partial charge in [-0.15, -0.1) is 0 Å². The van der Waals surface area contributed by atoms with Gasteiger partial charge >= 0.3 is 6.01 Å². The average molecular weight is 683 g/mol. The number of carbonyl (C=O) groups is 1. The van der Waals surface area contributed by atoms with Gasteiger partial charge in [0.15, 0.2) is 0 Å². The molecule has 0 radical (unpaired) electrons. The molecule has 1 amide bonds. The number of rotatable bonds is 9. The quantitative estimate of drug-likeness (QED) is 0.309. The van der Waals surface area contributed by atoms with E-state index in [-0.39, 0.29) is 24.2 Å². The van der Waals surface area contributed by atoms with Crippen LogP contribution in [-0.4, -0.2) is 122 Å². The smallest absolute Gasteiger partial charge is 0.318 e. The molecule has 3 aromatic rings. The van der Waals surface area contributed by atoms with E-state index in [0.717, 1.165) is 66.0 Å². The highest BCUT2D eigenvalue weighted by molar-refractivity contribution is 5.97. The summed E-state index contributed by atoms with van der Waals surface area (Å²) in [6, 6.07) is 12.1. The van der Waals surface area contributed by atoms with Gasteiger partial charge in [0.25, 0.3) is 5.91 Å². The molecule has 0 bridgehead atoms. The Morgan fingerprint density at radius 2 is 1.92 bits per heavy atom. The van der Waals surface area contributed by atoms with Crippen LogP contribution in [0.2, 0.25) is 0 Å². The highest BCUT2D eigenvalue weighted by atomic mass is 19.1. The van der Waals surface area contributed by atoms with E-state index in [0.29, 0.717) is 88.7 Å². The van der Waals surface area contributed by atoms with Gasteiger partial charge in [0.05, 0.1) is 44.0 Å². The third kappa shape index (κ3) is 6.99. The molecule has 0 aliphatic carbocycles. The number of hydrogen-bond donors (Lipinski definition) is 0. The number of aromatic nitrogens is 2. The van der Waals surface area contributed by atoms with Crippen LogP contribution in [0.1, 0.15) is 36.1 Å². The first-order chi connectivity index (χ1) is 24.3. The molecule has 1 aromatic heterocycles. The monoisotopic (exact) mass is 682 g/mol. The van der Waals surface area contributed by atoms with E-state index in [4.69, 9.17) is 19.4 Å². The Balaban J connectivity index is 1.16. The highest BCUT2D eigenvalue weighted by Gasteiger charge is 2.35. The number of halogens is 1. The molecule has 11 nitrogen and oxygen atoms in total. The van der Waals surface area contributed by atoms with Crippen LogP contribution in [0.4, 0.5) is 15.9 Å². The zero-order chi connectivity index (χ0) is 34.8. The van der Waals surface area contributed by atoms with Crippen LogP contribution in [0, 0.1) is 24.1 Å². The summed E-state index contributed by atoms with van der Waals surface area (Å²) in [6.45, 7) is 13.6. The Bertz CT molecular complexity index is 1790. The first-order valence-electron chi connectivity index (χ1n) is 17.9. The summed E-state index contributed by atoms with van der Waals surface area (Å²) in [5.41, 5.74) is 4.11. The van der Waals surface area contributed by atoms with Gasteiger partial charge in [0.1, 0.15) is 18.2 Å². The largest absolute Gasteiger partial charge is 0.462 e. The number of fused-ring (bicyclic) bond motifs is 2. The molecule has 12 heteroatoms. The fourth-order valence-corrected chi connectivity index (χ4v) is 7.95. The number of aryl methyl sites for hydroxylation is 1. The number of ether oxygens (including phenoxy) is 2. The molecule has 2 aromatic carbocycles. The minimum Gasteiger partial charge on any atom is -0.462 e. The van der Waals surface area contributed by atoms with Gasteiger partial charge in [-0.1, -0.05) is 24.8 Å². The lowest BCUT2D eigenvalue weighted by Gasteiger charge is -2.43. The van der Waals surface area contributed by atoms with Crippen molar-refractivity contribution in [1.82, 2.24) is 24.7 Å².